The minimum atomic E-state index is 0.842. The molecule has 0 spiro atoms. The average molecular weight is 307 g/mol. The van der Waals surface area contributed by atoms with Crippen molar-refractivity contribution in [2.75, 3.05) is 32.4 Å². The van der Waals surface area contributed by atoms with Crippen molar-refractivity contribution in [3.63, 3.8) is 0 Å². The molecule has 0 unspecified atom stereocenters. The third-order valence-corrected chi connectivity index (χ3v) is 5.45. The molecule has 1 aliphatic carbocycles. The molecule has 0 heterocycles. The minimum Gasteiger partial charge on any atom is -0.315 e. The van der Waals surface area contributed by atoms with Crippen molar-refractivity contribution in [2.45, 2.75) is 49.5 Å². The van der Waals surface area contributed by atoms with E-state index in [1.807, 2.05) is 11.8 Å². The fourth-order valence-corrected chi connectivity index (χ4v) is 3.86. The van der Waals surface area contributed by atoms with Gasteiger partial charge in [-0.25, -0.2) is 0 Å². The van der Waals surface area contributed by atoms with Crippen LogP contribution in [0.3, 0.4) is 0 Å². The van der Waals surface area contributed by atoms with Crippen molar-refractivity contribution >= 4 is 11.8 Å². The van der Waals surface area contributed by atoms with E-state index < -0.39 is 0 Å². The molecule has 1 aromatic carbocycles. The highest BCUT2D eigenvalue weighted by molar-refractivity contribution is 7.99. The molecule has 0 aliphatic heterocycles. The van der Waals surface area contributed by atoms with Gasteiger partial charge in [-0.15, -0.1) is 11.8 Å². The maximum absolute atomic E-state index is 3.59. The second-order valence-corrected chi connectivity index (χ2v) is 7.21. The Balaban J connectivity index is 1.44. The summed E-state index contributed by atoms with van der Waals surface area (Å²) in [7, 11) is 2.29. The normalized spacial score (nSPS) is 16.5. The average Bonchev–Trinajstić information content (AvgIpc) is 2.55. The number of likely N-dealkylation sites (N-methyl/N-ethyl adjacent to an activating group) is 1. The molecule has 1 N–H and O–H groups in total. The van der Waals surface area contributed by atoms with Crippen molar-refractivity contribution < 1.29 is 0 Å². The van der Waals surface area contributed by atoms with Crippen LogP contribution >= 0.6 is 11.8 Å². The van der Waals surface area contributed by atoms with Crippen LogP contribution in [0.5, 0.6) is 0 Å². The summed E-state index contributed by atoms with van der Waals surface area (Å²) in [5.41, 5.74) is 0. The Bertz CT molecular complexity index is 363. The first-order chi connectivity index (χ1) is 10.4. The first-order valence-corrected chi connectivity index (χ1v) is 9.43. The molecule has 0 radical (unpaired) electrons. The van der Waals surface area contributed by atoms with E-state index >= 15 is 0 Å². The third-order valence-electron chi connectivity index (χ3n) is 4.35. The molecule has 1 saturated carbocycles. The Morgan fingerprint density at radius 3 is 2.62 bits per heavy atom. The summed E-state index contributed by atoms with van der Waals surface area (Å²) in [6.07, 6.45) is 8.36. The van der Waals surface area contributed by atoms with Gasteiger partial charge >= 0.3 is 0 Å². The van der Waals surface area contributed by atoms with Gasteiger partial charge in [0.05, 0.1) is 0 Å². The van der Waals surface area contributed by atoms with Crippen molar-refractivity contribution in [3.05, 3.63) is 30.3 Å². The fraction of sp³-hybridized carbons (Fsp3) is 0.667. The van der Waals surface area contributed by atoms with Gasteiger partial charge in [0.15, 0.2) is 0 Å². The number of nitrogens with one attached hydrogen (secondary N) is 1. The zero-order valence-corrected chi connectivity index (χ0v) is 14.2. The number of hydrogen-bond donors (Lipinski definition) is 1. The molecule has 0 amide bonds. The topological polar surface area (TPSA) is 15.3 Å². The van der Waals surface area contributed by atoms with E-state index in [9.17, 15) is 0 Å². The summed E-state index contributed by atoms with van der Waals surface area (Å²) in [5.74, 6) is 1.20. The van der Waals surface area contributed by atoms with Gasteiger partial charge in [-0.3, -0.25) is 0 Å². The Labute approximate surface area is 134 Å². The monoisotopic (exact) mass is 306 g/mol. The highest BCUT2D eigenvalue weighted by Gasteiger charge is 2.16. The molecular weight excluding hydrogens is 276 g/mol. The Hall–Kier alpha value is -0.510. The lowest BCUT2D eigenvalue weighted by Crippen LogP contribution is -2.38. The van der Waals surface area contributed by atoms with Gasteiger partial charge in [0, 0.05) is 24.0 Å². The summed E-state index contributed by atoms with van der Waals surface area (Å²) in [6.45, 7) is 3.46. The summed E-state index contributed by atoms with van der Waals surface area (Å²) >= 11 is 1.96. The number of thioether (sulfide) groups is 1. The molecule has 0 bridgehead atoms. The van der Waals surface area contributed by atoms with Crippen LogP contribution in [0.15, 0.2) is 35.2 Å². The Morgan fingerprint density at radius 1 is 1.10 bits per heavy atom. The first kappa shape index (κ1) is 16.9. The van der Waals surface area contributed by atoms with E-state index in [1.165, 1.54) is 55.7 Å². The lowest BCUT2D eigenvalue weighted by atomic mass is 9.94. The van der Waals surface area contributed by atoms with Gasteiger partial charge in [0.1, 0.15) is 0 Å². The lowest BCUT2D eigenvalue weighted by Gasteiger charge is -2.31. The number of rotatable bonds is 9. The number of benzene rings is 1. The van der Waals surface area contributed by atoms with E-state index in [0.717, 1.165) is 19.1 Å². The summed E-state index contributed by atoms with van der Waals surface area (Å²) in [5, 5.41) is 3.59. The first-order valence-electron chi connectivity index (χ1n) is 8.45. The van der Waals surface area contributed by atoms with Crippen LogP contribution < -0.4 is 5.32 Å². The molecule has 0 saturated heterocycles. The van der Waals surface area contributed by atoms with Crippen molar-refractivity contribution in [3.8, 4) is 0 Å². The van der Waals surface area contributed by atoms with Gasteiger partial charge in [-0.2, -0.15) is 0 Å². The van der Waals surface area contributed by atoms with E-state index in [4.69, 9.17) is 0 Å². The molecule has 0 aromatic heterocycles. The van der Waals surface area contributed by atoms with Crippen LogP contribution in [0.25, 0.3) is 0 Å². The highest BCUT2D eigenvalue weighted by atomic mass is 32.2. The second-order valence-electron chi connectivity index (χ2n) is 6.04. The third kappa shape index (κ3) is 6.86. The van der Waals surface area contributed by atoms with Crippen LogP contribution in [0.1, 0.15) is 38.5 Å². The van der Waals surface area contributed by atoms with Gasteiger partial charge in [-0.1, -0.05) is 37.5 Å². The molecule has 1 fully saturated rings. The Morgan fingerprint density at radius 2 is 1.86 bits per heavy atom. The molecule has 118 valence electrons. The molecule has 1 aliphatic rings. The Kier molecular flexibility index (Phi) is 8.23. The molecule has 2 nitrogen and oxygen atoms in total. The van der Waals surface area contributed by atoms with Crippen LogP contribution in [0.2, 0.25) is 0 Å². The molecule has 1 aromatic rings. The van der Waals surface area contributed by atoms with E-state index in [0.29, 0.717) is 0 Å². The fourth-order valence-electron chi connectivity index (χ4n) is 2.99. The van der Waals surface area contributed by atoms with Gasteiger partial charge < -0.3 is 10.2 Å². The number of nitrogens with zero attached hydrogens (tertiary/aromatic N) is 1. The molecule has 21 heavy (non-hydrogen) atoms. The quantitative estimate of drug-likeness (QED) is 0.548. The van der Waals surface area contributed by atoms with E-state index in [-0.39, 0.29) is 0 Å². The molecule has 3 heteroatoms. The van der Waals surface area contributed by atoms with E-state index in [1.54, 1.807) is 0 Å². The molecule has 0 atom stereocenters. The van der Waals surface area contributed by atoms with Crippen LogP contribution in [0, 0.1) is 0 Å². The lowest BCUT2D eigenvalue weighted by molar-refractivity contribution is 0.192. The SMILES string of the molecule is CN(CCNCCCSc1ccccc1)C1CCCCC1. The van der Waals surface area contributed by atoms with Crippen molar-refractivity contribution in [1.29, 1.82) is 0 Å². The standard InChI is InChI=1S/C18H30N2S/c1-20(17-9-4-2-5-10-17)15-14-19-13-8-16-21-18-11-6-3-7-12-18/h3,6-7,11-12,17,19H,2,4-5,8-10,13-16H2,1H3. The van der Waals surface area contributed by atoms with Gasteiger partial charge in [-0.05, 0) is 50.7 Å². The van der Waals surface area contributed by atoms with Crippen LogP contribution in [-0.2, 0) is 0 Å². The second kappa shape index (κ2) is 10.3. The smallest absolute Gasteiger partial charge is 0.0107 e. The number of hydrogen-bond acceptors (Lipinski definition) is 3. The van der Waals surface area contributed by atoms with Crippen molar-refractivity contribution in [1.82, 2.24) is 10.2 Å². The minimum absolute atomic E-state index is 0.842. The largest absolute Gasteiger partial charge is 0.315 e. The van der Waals surface area contributed by atoms with E-state index in [2.05, 4.69) is 47.6 Å². The van der Waals surface area contributed by atoms with Crippen molar-refractivity contribution in [2.24, 2.45) is 0 Å². The van der Waals surface area contributed by atoms with Gasteiger partial charge in [0.2, 0.25) is 0 Å². The van der Waals surface area contributed by atoms with Gasteiger partial charge in [0.25, 0.3) is 0 Å². The predicted octanol–water partition coefficient (Wildman–Crippen LogP) is 4.02. The zero-order chi connectivity index (χ0) is 14.8. The summed E-state index contributed by atoms with van der Waals surface area (Å²) < 4.78 is 0. The van der Waals surface area contributed by atoms with Crippen LogP contribution in [-0.4, -0.2) is 43.4 Å². The predicted molar refractivity (Wildman–Crippen MR) is 94.2 cm³/mol. The summed E-state index contributed by atoms with van der Waals surface area (Å²) in [4.78, 5) is 3.94. The maximum Gasteiger partial charge on any atom is 0.0107 e. The molecule has 2 rings (SSSR count). The van der Waals surface area contributed by atoms with Crippen LogP contribution in [0.4, 0.5) is 0 Å². The highest BCUT2D eigenvalue weighted by Crippen LogP contribution is 2.21. The summed E-state index contributed by atoms with van der Waals surface area (Å²) in [6, 6.07) is 11.5. The molecular formula is C18H30N2S. The maximum atomic E-state index is 3.59. The zero-order valence-electron chi connectivity index (χ0n) is 13.4.